The highest BCUT2D eigenvalue weighted by Gasteiger charge is 2.37. The molecule has 2 atom stereocenters. The van der Waals surface area contributed by atoms with Crippen LogP contribution in [0.2, 0.25) is 0 Å². The van der Waals surface area contributed by atoms with Crippen LogP contribution in [0.1, 0.15) is 44.7 Å². The van der Waals surface area contributed by atoms with Gasteiger partial charge in [0.2, 0.25) is 5.91 Å². The lowest BCUT2D eigenvalue weighted by molar-refractivity contribution is -0.154. The molecule has 0 spiro atoms. The molecule has 1 N–H and O–H groups in total. The Kier molecular flexibility index (Phi) is 8.05. The summed E-state index contributed by atoms with van der Waals surface area (Å²) in [6.07, 6.45) is -0.182. The molecule has 0 saturated carbocycles. The van der Waals surface area contributed by atoms with Crippen LogP contribution in [0.15, 0.2) is 18.2 Å². The van der Waals surface area contributed by atoms with Gasteiger partial charge >= 0.3 is 5.97 Å². The molecule has 1 saturated heterocycles. The Bertz CT molecular complexity index is 747. The first-order valence-electron chi connectivity index (χ1n) is 10.2. The van der Waals surface area contributed by atoms with Crippen LogP contribution in [0.3, 0.4) is 0 Å². The van der Waals surface area contributed by atoms with Crippen molar-refractivity contribution in [3.05, 3.63) is 29.3 Å². The van der Waals surface area contributed by atoms with E-state index in [1.807, 2.05) is 45.9 Å². The zero-order chi connectivity index (χ0) is 21.6. The first kappa shape index (κ1) is 22.7. The maximum Gasteiger partial charge on any atom is 0.308 e. The third-order valence-electron chi connectivity index (χ3n) is 4.93. The van der Waals surface area contributed by atoms with Gasteiger partial charge in [0.05, 0.1) is 13.0 Å². The highest BCUT2D eigenvalue weighted by molar-refractivity contribution is 5.93. The molecule has 0 aliphatic carbocycles. The van der Waals surface area contributed by atoms with Crippen LogP contribution < -0.4 is 10.1 Å². The van der Waals surface area contributed by atoms with Crippen LogP contribution in [-0.2, 0) is 19.1 Å². The van der Waals surface area contributed by atoms with Crippen molar-refractivity contribution in [2.24, 2.45) is 5.92 Å². The van der Waals surface area contributed by atoms with Crippen molar-refractivity contribution in [3.63, 3.8) is 0 Å². The Labute approximate surface area is 172 Å². The van der Waals surface area contributed by atoms with E-state index in [4.69, 9.17) is 9.47 Å². The third kappa shape index (κ3) is 6.48. The Morgan fingerprint density at radius 1 is 1.24 bits per heavy atom. The Morgan fingerprint density at radius 3 is 2.66 bits per heavy atom. The molecule has 7 nitrogen and oxygen atoms in total. The van der Waals surface area contributed by atoms with Gasteiger partial charge < -0.3 is 19.7 Å². The molecular formula is C22H32N2O5. The smallest absolute Gasteiger partial charge is 0.308 e. The lowest BCUT2D eigenvalue weighted by Crippen LogP contribution is -2.60. The zero-order valence-corrected chi connectivity index (χ0v) is 18.0. The number of rotatable bonds is 8. The van der Waals surface area contributed by atoms with Crippen molar-refractivity contribution in [2.75, 3.05) is 19.7 Å². The van der Waals surface area contributed by atoms with Crippen LogP contribution in [0.25, 0.3) is 0 Å². The molecule has 1 aliphatic heterocycles. The summed E-state index contributed by atoms with van der Waals surface area (Å²) < 4.78 is 11.1. The normalized spacial score (nSPS) is 17.7. The van der Waals surface area contributed by atoms with E-state index in [0.717, 1.165) is 17.5 Å². The second-order valence-electron chi connectivity index (χ2n) is 7.97. The molecule has 2 rings (SSSR count). The molecule has 29 heavy (non-hydrogen) atoms. The molecule has 2 amide bonds. The van der Waals surface area contributed by atoms with E-state index in [1.54, 1.807) is 6.92 Å². The monoisotopic (exact) mass is 404 g/mol. The van der Waals surface area contributed by atoms with E-state index < -0.39 is 18.1 Å². The Morgan fingerprint density at radius 2 is 1.97 bits per heavy atom. The van der Waals surface area contributed by atoms with Crippen LogP contribution >= 0.6 is 0 Å². The van der Waals surface area contributed by atoms with Gasteiger partial charge in [0.25, 0.3) is 5.91 Å². The third-order valence-corrected chi connectivity index (χ3v) is 4.93. The molecule has 2 unspecified atom stereocenters. The predicted molar refractivity (Wildman–Crippen MR) is 110 cm³/mol. The van der Waals surface area contributed by atoms with Gasteiger partial charge in [-0.3, -0.25) is 14.4 Å². The van der Waals surface area contributed by atoms with E-state index in [2.05, 4.69) is 5.32 Å². The number of hydrogen-bond donors (Lipinski definition) is 1. The largest absolute Gasteiger partial charge is 0.481 e. The van der Waals surface area contributed by atoms with Crippen molar-refractivity contribution >= 4 is 17.8 Å². The van der Waals surface area contributed by atoms with Gasteiger partial charge in [0.1, 0.15) is 11.8 Å². The molecule has 1 heterocycles. The summed E-state index contributed by atoms with van der Waals surface area (Å²) in [4.78, 5) is 39.0. The molecular weight excluding hydrogens is 372 g/mol. The number of benzene rings is 1. The number of esters is 1. The van der Waals surface area contributed by atoms with E-state index in [0.29, 0.717) is 31.4 Å². The van der Waals surface area contributed by atoms with Gasteiger partial charge in [-0.25, -0.2) is 0 Å². The number of carbonyl (C=O) groups excluding carboxylic acids is 3. The van der Waals surface area contributed by atoms with Crippen molar-refractivity contribution in [3.8, 4) is 5.75 Å². The Balaban J connectivity index is 2.04. The van der Waals surface area contributed by atoms with Gasteiger partial charge in [0.15, 0.2) is 6.10 Å². The first-order valence-corrected chi connectivity index (χ1v) is 10.2. The summed E-state index contributed by atoms with van der Waals surface area (Å²) in [6, 6.07) is 4.91. The standard InChI is InChI=1S/C22H32N2O5/c1-14(2)8-11-28-20(25)13-18-21(26)23-9-10-24(18)22(27)17(5)29-19-12-15(3)6-7-16(19)4/h6-7,12,14,17-18H,8-11,13H2,1-5H3,(H,23,26). The predicted octanol–water partition coefficient (Wildman–Crippen LogP) is 2.38. The summed E-state index contributed by atoms with van der Waals surface area (Å²) in [5.74, 6) is -0.0856. The summed E-state index contributed by atoms with van der Waals surface area (Å²) in [6.45, 7) is 10.6. The highest BCUT2D eigenvalue weighted by atomic mass is 16.5. The Hall–Kier alpha value is -2.57. The van der Waals surface area contributed by atoms with Crippen LogP contribution in [0.5, 0.6) is 5.75 Å². The number of amides is 2. The SMILES string of the molecule is Cc1ccc(C)c(OC(C)C(=O)N2CCNC(=O)C2CC(=O)OCCC(C)C)c1. The molecule has 0 radical (unpaired) electrons. The summed E-state index contributed by atoms with van der Waals surface area (Å²) in [5.41, 5.74) is 1.96. The minimum atomic E-state index is -0.882. The molecule has 1 aliphatic rings. The minimum absolute atomic E-state index is 0.161. The van der Waals surface area contributed by atoms with E-state index in [-0.39, 0.29) is 18.2 Å². The quantitative estimate of drug-likeness (QED) is 0.673. The molecule has 0 bridgehead atoms. The average Bonchev–Trinajstić information content (AvgIpc) is 2.65. The van der Waals surface area contributed by atoms with Crippen LogP contribution in [0.4, 0.5) is 0 Å². The number of ether oxygens (including phenoxy) is 2. The molecule has 1 aromatic rings. The molecule has 160 valence electrons. The van der Waals surface area contributed by atoms with Crippen LogP contribution in [-0.4, -0.2) is 54.5 Å². The fraction of sp³-hybridized carbons (Fsp3) is 0.591. The summed E-state index contributed by atoms with van der Waals surface area (Å²) in [5, 5.41) is 2.72. The molecule has 7 heteroatoms. The van der Waals surface area contributed by atoms with Crippen molar-refractivity contribution < 1.29 is 23.9 Å². The number of nitrogens with one attached hydrogen (secondary N) is 1. The lowest BCUT2D eigenvalue weighted by atomic mass is 10.1. The lowest BCUT2D eigenvalue weighted by Gasteiger charge is -2.36. The van der Waals surface area contributed by atoms with Gasteiger partial charge in [-0.1, -0.05) is 26.0 Å². The maximum atomic E-state index is 13.0. The number of piperazine rings is 1. The van der Waals surface area contributed by atoms with E-state index in [9.17, 15) is 14.4 Å². The summed E-state index contributed by atoms with van der Waals surface area (Å²) >= 11 is 0. The van der Waals surface area contributed by atoms with Crippen molar-refractivity contribution in [2.45, 2.75) is 59.6 Å². The zero-order valence-electron chi connectivity index (χ0n) is 18.0. The molecule has 1 fully saturated rings. The number of hydrogen-bond acceptors (Lipinski definition) is 5. The fourth-order valence-electron chi connectivity index (χ4n) is 3.12. The summed E-state index contributed by atoms with van der Waals surface area (Å²) in [7, 11) is 0. The van der Waals surface area contributed by atoms with Gasteiger partial charge in [0, 0.05) is 13.1 Å². The van der Waals surface area contributed by atoms with Crippen molar-refractivity contribution in [1.82, 2.24) is 10.2 Å². The van der Waals surface area contributed by atoms with E-state index >= 15 is 0 Å². The van der Waals surface area contributed by atoms with Gasteiger partial charge in [-0.2, -0.15) is 0 Å². The first-order chi connectivity index (χ1) is 13.7. The fourth-order valence-corrected chi connectivity index (χ4v) is 3.12. The second kappa shape index (κ2) is 10.3. The minimum Gasteiger partial charge on any atom is -0.481 e. The number of carbonyl (C=O) groups is 3. The van der Waals surface area contributed by atoms with Gasteiger partial charge in [-0.15, -0.1) is 0 Å². The maximum absolute atomic E-state index is 13.0. The van der Waals surface area contributed by atoms with Gasteiger partial charge in [-0.05, 0) is 50.3 Å². The van der Waals surface area contributed by atoms with Crippen molar-refractivity contribution in [1.29, 1.82) is 0 Å². The highest BCUT2D eigenvalue weighted by Crippen LogP contribution is 2.22. The average molecular weight is 405 g/mol. The number of nitrogens with zero attached hydrogens (tertiary/aromatic N) is 1. The molecule has 1 aromatic carbocycles. The topological polar surface area (TPSA) is 84.9 Å². The molecule has 0 aromatic heterocycles. The number of aryl methyl sites for hydroxylation is 2. The van der Waals surface area contributed by atoms with Crippen LogP contribution in [0, 0.1) is 19.8 Å². The van der Waals surface area contributed by atoms with E-state index in [1.165, 1.54) is 4.90 Å². The second-order valence-corrected chi connectivity index (χ2v) is 7.97.